The summed E-state index contributed by atoms with van der Waals surface area (Å²) in [4.78, 5) is 15.2. The van der Waals surface area contributed by atoms with Gasteiger partial charge in [0.15, 0.2) is 0 Å². The van der Waals surface area contributed by atoms with Crippen LogP contribution in [0.1, 0.15) is 25.2 Å². The van der Waals surface area contributed by atoms with Gasteiger partial charge in [-0.05, 0) is 19.9 Å². The van der Waals surface area contributed by atoms with Crippen molar-refractivity contribution in [1.29, 1.82) is 0 Å². The minimum atomic E-state index is -1.20. The first-order valence-corrected chi connectivity index (χ1v) is 5.92. The van der Waals surface area contributed by atoms with Crippen molar-refractivity contribution < 1.29 is 19.7 Å². The summed E-state index contributed by atoms with van der Waals surface area (Å²) in [6.07, 6.45) is 3.69. The average Bonchev–Trinajstić information content (AvgIpc) is 2.66. The van der Waals surface area contributed by atoms with Crippen LogP contribution in [0.25, 0.3) is 6.08 Å². The second-order valence-electron chi connectivity index (χ2n) is 4.92. The topological polar surface area (TPSA) is 84.6 Å². The normalized spacial score (nSPS) is 13.8. The molecular weight excluding hydrogens is 248 g/mol. The average molecular weight is 268 g/mol. The van der Waals surface area contributed by atoms with E-state index >= 15 is 0 Å². The van der Waals surface area contributed by atoms with E-state index < -0.39 is 17.7 Å². The quantitative estimate of drug-likeness (QED) is 0.592. The lowest BCUT2D eigenvalue weighted by molar-refractivity contribution is -0.134. The van der Waals surface area contributed by atoms with Crippen molar-refractivity contribution in [2.45, 2.75) is 32.0 Å². The summed E-state index contributed by atoms with van der Waals surface area (Å²) >= 11 is 0. The molecule has 0 spiro atoms. The van der Waals surface area contributed by atoms with Gasteiger partial charge in [0.05, 0.1) is 30.8 Å². The van der Waals surface area contributed by atoms with Gasteiger partial charge >= 0.3 is 5.97 Å². The van der Waals surface area contributed by atoms with Crippen LogP contribution in [0, 0.1) is 0 Å². The molecule has 1 unspecified atom stereocenters. The van der Waals surface area contributed by atoms with Gasteiger partial charge in [-0.2, -0.15) is 0 Å². The fourth-order valence-corrected chi connectivity index (χ4v) is 1.51. The van der Waals surface area contributed by atoms with Crippen molar-refractivity contribution >= 4 is 12.0 Å². The van der Waals surface area contributed by atoms with Gasteiger partial charge in [-0.1, -0.05) is 0 Å². The zero-order valence-electron chi connectivity index (χ0n) is 11.6. The van der Waals surface area contributed by atoms with E-state index in [2.05, 4.69) is 9.72 Å². The largest absolute Gasteiger partial charge is 0.466 e. The van der Waals surface area contributed by atoms with Crippen LogP contribution >= 0.6 is 0 Å². The fourth-order valence-electron chi connectivity index (χ4n) is 1.51. The van der Waals surface area contributed by atoms with Crippen LogP contribution in [-0.4, -0.2) is 44.5 Å². The number of carbonyl (C=O) groups is 1. The maximum absolute atomic E-state index is 11.1. The number of hydrogen-bond acceptors (Lipinski definition) is 5. The van der Waals surface area contributed by atoms with Crippen molar-refractivity contribution in [2.24, 2.45) is 7.05 Å². The number of nitrogens with zero attached hydrogens (tertiary/aromatic N) is 2. The number of aryl methyl sites for hydroxylation is 1. The zero-order valence-corrected chi connectivity index (χ0v) is 11.6. The number of rotatable bonds is 5. The zero-order chi connectivity index (χ0) is 14.6. The molecule has 6 heteroatoms. The molecular formula is C13H20N2O4. The monoisotopic (exact) mass is 268 g/mol. The Kier molecular flexibility index (Phi) is 4.85. The lowest BCUT2D eigenvalue weighted by Gasteiger charge is -2.24. The van der Waals surface area contributed by atoms with Gasteiger partial charge in [0.2, 0.25) is 0 Å². The number of aromatic nitrogens is 2. The molecule has 0 aromatic carbocycles. The summed E-state index contributed by atoms with van der Waals surface area (Å²) in [5.41, 5.74) is 0.0964. The van der Waals surface area contributed by atoms with E-state index in [0.717, 1.165) is 5.69 Å². The van der Waals surface area contributed by atoms with Crippen LogP contribution in [0.5, 0.6) is 0 Å². The van der Waals surface area contributed by atoms with E-state index in [1.807, 2.05) is 0 Å². The molecule has 0 saturated heterocycles. The van der Waals surface area contributed by atoms with E-state index in [0.29, 0.717) is 5.69 Å². The molecule has 0 aliphatic rings. The maximum Gasteiger partial charge on any atom is 0.330 e. The summed E-state index contributed by atoms with van der Waals surface area (Å²) in [6, 6.07) is 0. The van der Waals surface area contributed by atoms with Gasteiger partial charge in [-0.15, -0.1) is 0 Å². The van der Waals surface area contributed by atoms with Crippen LogP contribution in [0.3, 0.4) is 0 Å². The molecule has 0 radical (unpaired) electrons. The second kappa shape index (κ2) is 5.99. The first-order valence-electron chi connectivity index (χ1n) is 5.92. The van der Waals surface area contributed by atoms with Gasteiger partial charge in [0.1, 0.15) is 0 Å². The lowest BCUT2D eigenvalue weighted by Crippen LogP contribution is -2.37. The molecule has 0 amide bonds. The molecule has 106 valence electrons. The third-order valence-corrected chi connectivity index (χ3v) is 2.87. The molecule has 1 aromatic heterocycles. The van der Waals surface area contributed by atoms with Crippen LogP contribution in [-0.2, 0) is 23.0 Å². The molecule has 6 nitrogen and oxygen atoms in total. The minimum Gasteiger partial charge on any atom is -0.466 e. The first-order chi connectivity index (χ1) is 8.75. The lowest BCUT2D eigenvalue weighted by atomic mass is 9.97. The van der Waals surface area contributed by atoms with Gasteiger partial charge in [-0.3, -0.25) is 0 Å². The molecule has 1 aromatic rings. The predicted molar refractivity (Wildman–Crippen MR) is 70.3 cm³/mol. The van der Waals surface area contributed by atoms with Gasteiger partial charge in [0, 0.05) is 25.2 Å². The molecule has 19 heavy (non-hydrogen) atoms. The summed E-state index contributed by atoms with van der Waals surface area (Å²) < 4.78 is 6.25. The van der Waals surface area contributed by atoms with Crippen molar-refractivity contribution in [3.63, 3.8) is 0 Å². The number of esters is 1. The van der Waals surface area contributed by atoms with Crippen molar-refractivity contribution in [1.82, 2.24) is 9.55 Å². The van der Waals surface area contributed by atoms with Crippen molar-refractivity contribution in [2.75, 3.05) is 7.11 Å². The third-order valence-electron chi connectivity index (χ3n) is 2.87. The number of carbonyl (C=O) groups excluding carboxylic acids is 1. The molecule has 0 bridgehead atoms. The van der Waals surface area contributed by atoms with Crippen LogP contribution in [0.2, 0.25) is 0 Å². The Morgan fingerprint density at radius 1 is 1.63 bits per heavy atom. The molecule has 0 aliphatic carbocycles. The summed E-state index contributed by atoms with van der Waals surface area (Å²) in [5.74, 6) is -0.473. The predicted octanol–water partition coefficient (Wildman–Crippen LogP) is 0.281. The van der Waals surface area contributed by atoms with E-state index in [-0.39, 0.29) is 6.42 Å². The van der Waals surface area contributed by atoms with E-state index in [4.69, 9.17) is 0 Å². The number of methoxy groups -OCH3 is 1. The SMILES string of the molecule is COC(=O)C=Cc1ncn(C)c1CC(O)C(C)(C)O. The number of hydrogen-bond donors (Lipinski definition) is 2. The molecule has 0 fully saturated rings. The highest BCUT2D eigenvalue weighted by Gasteiger charge is 2.26. The Morgan fingerprint density at radius 2 is 2.26 bits per heavy atom. The van der Waals surface area contributed by atoms with E-state index in [1.54, 1.807) is 17.9 Å². The number of aliphatic hydroxyl groups excluding tert-OH is 1. The highest BCUT2D eigenvalue weighted by molar-refractivity contribution is 5.86. The fraction of sp³-hybridized carbons (Fsp3) is 0.538. The van der Waals surface area contributed by atoms with Gasteiger partial charge < -0.3 is 19.5 Å². The maximum atomic E-state index is 11.1. The van der Waals surface area contributed by atoms with Gasteiger partial charge in [0.25, 0.3) is 0 Å². The summed E-state index contributed by atoms with van der Waals surface area (Å²) in [5, 5.41) is 19.7. The third kappa shape index (κ3) is 4.18. The highest BCUT2D eigenvalue weighted by atomic mass is 16.5. The Hall–Kier alpha value is -1.66. The second-order valence-corrected chi connectivity index (χ2v) is 4.92. The molecule has 2 N–H and O–H groups in total. The Bertz CT molecular complexity index is 471. The standard InChI is InChI=1S/C13H20N2O4/c1-13(2,18)11(16)7-10-9(14-8-15(10)3)5-6-12(17)19-4/h5-6,8,11,16,18H,7H2,1-4H3. The van der Waals surface area contributed by atoms with Gasteiger partial charge in [-0.25, -0.2) is 9.78 Å². The summed E-state index contributed by atoms with van der Waals surface area (Å²) in [6.45, 7) is 3.08. The van der Waals surface area contributed by atoms with E-state index in [9.17, 15) is 15.0 Å². The van der Waals surface area contributed by atoms with Crippen molar-refractivity contribution in [3.05, 3.63) is 23.8 Å². The molecule has 1 atom stereocenters. The van der Waals surface area contributed by atoms with Crippen LogP contribution < -0.4 is 0 Å². The van der Waals surface area contributed by atoms with Crippen molar-refractivity contribution in [3.8, 4) is 0 Å². The first kappa shape index (κ1) is 15.4. The Labute approximate surface area is 112 Å². The molecule has 0 saturated carbocycles. The van der Waals surface area contributed by atoms with E-state index in [1.165, 1.54) is 33.1 Å². The van der Waals surface area contributed by atoms with Crippen LogP contribution in [0.15, 0.2) is 12.4 Å². The number of aliphatic hydroxyl groups is 2. The van der Waals surface area contributed by atoms with Crippen LogP contribution in [0.4, 0.5) is 0 Å². The number of ether oxygens (including phenoxy) is 1. The molecule has 1 rings (SSSR count). The Balaban J connectivity index is 2.92. The number of imidazole rings is 1. The highest BCUT2D eigenvalue weighted by Crippen LogP contribution is 2.17. The Morgan fingerprint density at radius 3 is 2.79 bits per heavy atom. The molecule has 0 aliphatic heterocycles. The minimum absolute atomic E-state index is 0.237. The summed E-state index contributed by atoms with van der Waals surface area (Å²) in [7, 11) is 3.08. The smallest absolute Gasteiger partial charge is 0.330 e. The molecule has 1 heterocycles.